The van der Waals surface area contributed by atoms with Gasteiger partial charge in [-0.2, -0.15) is 0 Å². The molecule has 21 heavy (non-hydrogen) atoms. The summed E-state index contributed by atoms with van der Waals surface area (Å²) in [6.07, 6.45) is 6.54. The van der Waals surface area contributed by atoms with Crippen molar-refractivity contribution in [2.45, 2.75) is 26.2 Å². The molecule has 2 aliphatic heterocycles. The van der Waals surface area contributed by atoms with Crippen LogP contribution in [-0.4, -0.2) is 54.6 Å². The SMILES string of the molecule is CCS(=O)(=O)N1CCC2(CCN(c3ncccn3)CC2)C1. The third-order valence-corrected chi connectivity index (χ3v) is 6.65. The molecule has 116 valence electrons. The number of nitrogens with zero attached hydrogens (tertiary/aromatic N) is 4. The first-order chi connectivity index (χ1) is 10.0. The van der Waals surface area contributed by atoms with E-state index in [1.54, 1.807) is 23.6 Å². The highest BCUT2D eigenvalue weighted by atomic mass is 32.2. The molecule has 3 rings (SSSR count). The summed E-state index contributed by atoms with van der Waals surface area (Å²) in [7, 11) is -3.04. The minimum atomic E-state index is -3.04. The molecule has 0 amide bonds. The molecule has 1 aromatic heterocycles. The van der Waals surface area contributed by atoms with E-state index in [0.29, 0.717) is 13.1 Å². The molecule has 1 spiro atoms. The Balaban J connectivity index is 1.64. The number of aromatic nitrogens is 2. The van der Waals surface area contributed by atoms with E-state index in [-0.39, 0.29) is 11.2 Å². The predicted molar refractivity (Wildman–Crippen MR) is 81.6 cm³/mol. The van der Waals surface area contributed by atoms with E-state index in [4.69, 9.17) is 0 Å². The lowest BCUT2D eigenvalue weighted by Gasteiger charge is -2.39. The van der Waals surface area contributed by atoms with Crippen LogP contribution in [0.3, 0.4) is 0 Å². The van der Waals surface area contributed by atoms with Crippen molar-refractivity contribution in [1.29, 1.82) is 0 Å². The molecule has 3 heterocycles. The molecule has 1 aromatic rings. The highest BCUT2D eigenvalue weighted by Crippen LogP contribution is 2.41. The molecule has 0 radical (unpaired) electrons. The molecule has 7 heteroatoms. The maximum absolute atomic E-state index is 12.0. The Hall–Kier alpha value is -1.21. The topological polar surface area (TPSA) is 66.4 Å². The molecule has 0 aromatic carbocycles. The lowest BCUT2D eigenvalue weighted by molar-refractivity contribution is 0.233. The van der Waals surface area contributed by atoms with Crippen molar-refractivity contribution in [2.75, 3.05) is 36.8 Å². The van der Waals surface area contributed by atoms with Crippen LogP contribution < -0.4 is 4.90 Å². The minimum Gasteiger partial charge on any atom is -0.341 e. The fraction of sp³-hybridized carbons (Fsp3) is 0.714. The van der Waals surface area contributed by atoms with Crippen molar-refractivity contribution in [2.24, 2.45) is 5.41 Å². The van der Waals surface area contributed by atoms with Crippen molar-refractivity contribution in [3.63, 3.8) is 0 Å². The summed E-state index contributed by atoms with van der Waals surface area (Å²) in [6, 6.07) is 1.82. The molecule has 0 atom stereocenters. The summed E-state index contributed by atoms with van der Waals surface area (Å²) >= 11 is 0. The standard InChI is InChI=1S/C14H22N4O2S/c1-2-21(19,20)18-11-6-14(12-18)4-9-17(10-5-14)13-15-7-3-8-16-13/h3,7-8H,2,4-6,9-12H2,1H3. The van der Waals surface area contributed by atoms with Gasteiger partial charge in [-0.15, -0.1) is 0 Å². The second kappa shape index (κ2) is 5.53. The van der Waals surface area contributed by atoms with Gasteiger partial charge in [0.15, 0.2) is 0 Å². The van der Waals surface area contributed by atoms with Crippen LogP contribution in [0.15, 0.2) is 18.5 Å². The molecule has 2 saturated heterocycles. The van der Waals surface area contributed by atoms with E-state index < -0.39 is 10.0 Å². The average Bonchev–Trinajstić information content (AvgIpc) is 2.94. The second-order valence-electron chi connectivity index (χ2n) is 6.02. The molecule has 0 aliphatic carbocycles. The van der Waals surface area contributed by atoms with Gasteiger partial charge in [0.1, 0.15) is 0 Å². The minimum absolute atomic E-state index is 0.160. The summed E-state index contributed by atoms with van der Waals surface area (Å²) in [5, 5.41) is 0. The fourth-order valence-corrected chi connectivity index (χ4v) is 4.56. The Kier molecular flexibility index (Phi) is 3.88. The van der Waals surface area contributed by atoms with Crippen molar-refractivity contribution in [3.05, 3.63) is 18.5 Å². The molecule has 2 aliphatic rings. The van der Waals surface area contributed by atoms with E-state index in [1.165, 1.54) is 0 Å². The maximum Gasteiger partial charge on any atom is 0.225 e. The van der Waals surface area contributed by atoms with Crippen LogP contribution in [0.4, 0.5) is 5.95 Å². The third kappa shape index (κ3) is 2.89. The van der Waals surface area contributed by atoms with Gasteiger partial charge in [-0.3, -0.25) is 0 Å². The van der Waals surface area contributed by atoms with Crippen molar-refractivity contribution >= 4 is 16.0 Å². The first-order valence-corrected chi connectivity index (χ1v) is 9.15. The number of hydrogen-bond acceptors (Lipinski definition) is 5. The van der Waals surface area contributed by atoms with Gasteiger partial charge >= 0.3 is 0 Å². The first-order valence-electron chi connectivity index (χ1n) is 7.54. The van der Waals surface area contributed by atoms with Gasteiger partial charge in [0.05, 0.1) is 5.75 Å². The summed E-state index contributed by atoms with van der Waals surface area (Å²) in [6.45, 7) is 4.90. The van der Waals surface area contributed by atoms with Crippen molar-refractivity contribution in [1.82, 2.24) is 14.3 Å². The normalized spacial score (nSPS) is 22.8. The molecule has 0 saturated carbocycles. The molecule has 0 N–H and O–H groups in total. The Bertz CT molecular complexity index is 582. The van der Waals surface area contributed by atoms with Gasteiger partial charge in [0.25, 0.3) is 0 Å². The van der Waals surface area contributed by atoms with Gasteiger partial charge in [-0.25, -0.2) is 22.7 Å². The summed E-state index contributed by atoms with van der Waals surface area (Å²) in [5.74, 6) is 0.982. The fourth-order valence-electron chi connectivity index (χ4n) is 3.36. The third-order valence-electron chi connectivity index (χ3n) is 4.82. The van der Waals surface area contributed by atoms with Crippen LogP contribution in [-0.2, 0) is 10.0 Å². The van der Waals surface area contributed by atoms with Gasteiger partial charge in [0, 0.05) is 38.6 Å². The number of rotatable bonds is 3. The quantitative estimate of drug-likeness (QED) is 0.837. The molecule has 0 bridgehead atoms. The van der Waals surface area contributed by atoms with E-state index in [1.807, 2.05) is 6.07 Å². The summed E-state index contributed by atoms with van der Waals surface area (Å²) in [5.41, 5.74) is 0.160. The zero-order valence-corrected chi connectivity index (χ0v) is 13.2. The van der Waals surface area contributed by atoms with Crippen LogP contribution >= 0.6 is 0 Å². The van der Waals surface area contributed by atoms with E-state index in [9.17, 15) is 8.42 Å². The zero-order chi connectivity index (χ0) is 14.9. The van der Waals surface area contributed by atoms with E-state index >= 15 is 0 Å². The molecule has 6 nitrogen and oxygen atoms in total. The number of anilines is 1. The summed E-state index contributed by atoms with van der Waals surface area (Å²) < 4.78 is 25.7. The Morgan fingerprint density at radius 3 is 2.38 bits per heavy atom. The molecule has 0 unspecified atom stereocenters. The van der Waals surface area contributed by atoms with Gasteiger partial charge in [-0.05, 0) is 37.7 Å². The number of sulfonamides is 1. The zero-order valence-electron chi connectivity index (χ0n) is 12.4. The maximum atomic E-state index is 12.0. The lowest BCUT2D eigenvalue weighted by Crippen LogP contribution is -2.43. The Morgan fingerprint density at radius 2 is 1.76 bits per heavy atom. The molecule has 2 fully saturated rings. The monoisotopic (exact) mass is 310 g/mol. The Labute approximate surface area is 126 Å². The van der Waals surface area contributed by atoms with Crippen LogP contribution in [0.5, 0.6) is 0 Å². The molecular formula is C14H22N4O2S. The van der Waals surface area contributed by atoms with Crippen LogP contribution in [0.25, 0.3) is 0 Å². The van der Waals surface area contributed by atoms with Gasteiger partial charge in [0.2, 0.25) is 16.0 Å². The van der Waals surface area contributed by atoms with E-state index in [0.717, 1.165) is 38.3 Å². The van der Waals surface area contributed by atoms with Crippen molar-refractivity contribution < 1.29 is 8.42 Å². The van der Waals surface area contributed by atoms with Crippen molar-refractivity contribution in [3.8, 4) is 0 Å². The predicted octanol–water partition coefficient (Wildman–Crippen LogP) is 1.12. The second-order valence-corrected chi connectivity index (χ2v) is 8.28. The number of hydrogen-bond donors (Lipinski definition) is 0. The van der Waals surface area contributed by atoms with Crippen LogP contribution in [0, 0.1) is 5.41 Å². The highest BCUT2D eigenvalue weighted by molar-refractivity contribution is 7.89. The van der Waals surface area contributed by atoms with Crippen LogP contribution in [0.2, 0.25) is 0 Å². The van der Waals surface area contributed by atoms with Gasteiger partial charge < -0.3 is 4.90 Å². The van der Waals surface area contributed by atoms with Crippen LogP contribution in [0.1, 0.15) is 26.2 Å². The lowest BCUT2D eigenvalue weighted by atomic mass is 9.78. The first kappa shape index (κ1) is 14.7. The summed E-state index contributed by atoms with van der Waals surface area (Å²) in [4.78, 5) is 10.8. The average molecular weight is 310 g/mol. The largest absolute Gasteiger partial charge is 0.341 e. The smallest absolute Gasteiger partial charge is 0.225 e. The Morgan fingerprint density at radius 1 is 1.14 bits per heavy atom. The van der Waals surface area contributed by atoms with Gasteiger partial charge in [-0.1, -0.05) is 0 Å². The number of piperidine rings is 1. The van der Waals surface area contributed by atoms with E-state index in [2.05, 4.69) is 14.9 Å². The molecular weight excluding hydrogens is 288 g/mol. The highest BCUT2D eigenvalue weighted by Gasteiger charge is 2.43.